The molecule has 1 N–H and O–H groups in total. The Kier molecular flexibility index (Phi) is 3.84. The molecule has 0 aliphatic rings. The first-order valence-corrected chi connectivity index (χ1v) is 3.64. The van der Waals surface area contributed by atoms with E-state index < -0.39 is 17.7 Å². The molecule has 0 radical (unpaired) electrons. The lowest BCUT2D eigenvalue weighted by atomic mass is 10.3. The van der Waals surface area contributed by atoms with Crippen LogP contribution in [-0.2, 0) is 14.4 Å². The molecule has 0 aliphatic heterocycles. The van der Waals surface area contributed by atoms with Gasteiger partial charge in [0.2, 0.25) is 11.8 Å². The topological polar surface area (TPSA) is 66.5 Å². The zero-order valence-electron chi connectivity index (χ0n) is 7.88. The van der Waals surface area contributed by atoms with Gasteiger partial charge in [0.05, 0.1) is 0 Å². The van der Waals surface area contributed by atoms with E-state index in [1.54, 1.807) is 0 Å². The predicted octanol–water partition coefficient (Wildman–Crippen LogP) is -0.0113. The highest BCUT2D eigenvalue weighted by atomic mass is 16.2. The van der Waals surface area contributed by atoms with Crippen molar-refractivity contribution >= 4 is 17.7 Å². The first-order valence-electron chi connectivity index (χ1n) is 3.64. The van der Waals surface area contributed by atoms with Crippen molar-refractivity contribution in [1.29, 1.82) is 0 Å². The van der Waals surface area contributed by atoms with Crippen LogP contribution in [0.2, 0.25) is 0 Å². The third-order valence-corrected chi connectivity index (χ3v) is 1.15. The highest BCUT2D eigenvalue weighted by Crippen LogP contribution is 1.95. The molecule has 5 heteroatoms. The molecule has 0 aromatic rings. The van der Waals surface area contributed by atoms with E-state index in [0.29, 0.717) is 5.01 Å². The number of hydrogen-bond donors (Lipinski definition) is 1. The summed E-state index contributed by atoms with van der Waals surface area (Å²) >= 11 is 0. The number of carbonyl (C=O) groups is 3. The molecule has 0 aliphatic carbocycles. The standard InChI is InChI=1S/C8H12N2O3/c1-5(2)8(13)10(7(4)12)9-6(3)11/h1H2,2-4H3,(H,9,11). The summed E-state index contributed by atoms with van der Waals surface area (Å²) in [5.74, 6) is -1.64. The SMILES string of the molecule is C=C(C)C(=O)N(NC(C)=O)C(C)=O. The Morgan fingerprint density at radius 2 is 1.62 bits per heavy atom. The van der Waals surface area contributed by atoms with E-state index in [4.69, 9.17) is 0 Å². The Bertz CT molecular complexity index is 271. The molecule has 0 unspecified atom stereocenters. The van der Waals surface area contributed by atoms with Crippen molar-refractivity contribution in [2.24, 2.45) is 0 Å². The molecule has 72 valence electrons. The van der Waals surface area contributed by atoms with Crippen LogP contribution in [0, 0.1) is 0 Å². The Morgan fingerprint density at radius 3 is 1.85 bits per heavy atom. The maximum Gasteiger partial charge on any atom is 0.274 e. The molecular formula is C8H12N2O3. The quantitative estimate of drug-likeness (QED) is 0.460. The molecule has 0 bridgehead atoms. The molecule has 3 amide bonds. The van der Waals surface area contributed by atoms with Crippen molar-refractivity contribution in [1.82, 2.24) is 10.4 Å². The first-order chi connectivity index (χ1) is 5.86. The third-order valence-electron chi connectivity index (χ3n) is 1.15. The molecule has 0 aromatic heterocycles. The molecule has 0 saturated heterocycles. The smallest absolute Gasteiger partial charge is 0.274 e. The van der Waals surface area contributed by atoms with Gasteiger partial charge in [-0.25, -0.2) is 0 Å². The average Bonchev–Trinajstić information content (AvgIpc) is 1.97. The van der Waals surface area contributed by atoms with Gasteiger partial charge in [-0.3, -0.25) is 19.8 Å². The van der Waals surface area contributed by atoms with Gasteiger partial charge in [-0.2, -0.15) is 5.01 Å². The van der Waals surface area contributed by atoms with Crippen molar-refractivity contribution < 1.29 is 14.4 Å². The molecule has 0 saturated carbocycles. The molecule has 0 rings (SSSR count). The zero-order chi connectivity index (χ0) is 10.6. The van der Waals surface area contributed by atoms with Crippen LogP contribution in [0.1, 0.15) is 20.8 Å². The summed E-state index contributed by atoms with van der Waals surface area (Å²) in [6.07, 6.45) is 0. The van der Waals surface area contributed by atoms with Gasteiger partial charge < -0.3 is 0 Å². The third kappa shape index (κ3) is 3.50. The van der Waals surface area contributed by atoms with E-state index in [1.165, 1.54) is 20.8 Å². The van der Waals surface area contributed by atoms with Gasteiger partial charge in [-0.15, -0.1) is 0 Å². The normalized spacial score (nSPS) is 8.85. The van der Waals surface area contributed by atoms with Gasteiger partial charge >= 0.3 is 0 Å². The lowest BCUT2D eigenvalue weighted by Gasteiger charge is -2.18. The van der Waals surface area contributed by atoms with Crippen LogP contribution in [0.3, 0.4) is 0 Å². The van der Waals surface area contributed by atoms with Gasteiger partial charge in [-0.1, -0.05) is 6.58 Å². The molecule has 0 heterocycles. The fourth-order valence-corrected chi connectivity index (χ4v) is 0.621. The second-order valence-electron chi connectivity index (χ2n) is 2.61. The maximum atomic E-state index is 11.2. The van der Waals surface area contributed by atoms with Crippen molar-refractivity contribution in [3.8, 4) is 0 Å². The minimum Gasteiger partial charge on any atom is -0.274 e. The van der Waals surface area contributed by atoms with Gasteiger partial charge in [0, 0.05) is 19.4 Å². The number of amides is 3. The fraction of sp³-hybridized carbons (Fsp3) is 0.375. The lowest BCUT2D eigenvalue weighted by Crippen LogP contribution is -2.48. The molecule has 13 heavy (non-hydrogen) atoms. The molecule has 0 fully saturated rings. The van der Waals surface area contributed by atoms with Crippen LogP contribution in [0.5, 0.6) is 0 Å². The minimum atomic E-state index is -0.609. The summed E-state index contributed by atoms with van der Waals surface area (Å²) in [5, 5.41) is 0.630. The fourth-order valence-electron chi connectivity index (χ4n) is 0.621. The number of hydrazine groups is 1. The summed E-state index contributed by atoms with van der Waals surface area (Å²) in [5.41, 5.74) is 2.28. The van der Waals surface area contributed by atoms with Crippen LogP contribution < -0.4 is 5.43 Å². The van der Waals surface area contributed by atoms with Crippen molar-refractivity contribution in [3.05, 3.63) is 12.2 Å². The molecule has 0 aromatic carbocycles. The van der Waals surface area contributed by atoms with Crippen LogP contribution in [0.4, 0.5) is 0 Å². The number of carbonyl (C=O) groups excluding carboxylic acids is 3. The predicted molar refractivity (Wildman–Crippen MR) is 46.2 cm³/mol. The van der Waals surface area contributed by atoms with Gasteiger partial charge in [0.15, 0.2) is 0 Å². The second kappa shape index (κ2) is 4.39. The highest BCUT2D eigenvalue weighted by molar-refractivity contribution is 6.03. The highest BCUT2D eigenvalue weighted by Gasteiger charge is 2.19. The van der Waals surface area contributed by atoms with Crippen LogP contribution in [0.15, 0.2) is 12.2 Å². The minimum absolute atomic E-state index is 0.184. The Labute approximate surface area is 76.4 Å². The van der Waals surface area contributed by atoms with Crippen LogP contribution >= 0.6 is 0 Å². The van der Waals surface area contributed by atoms with Crippen molar-refractivity contribution in [2.45, 2.75) is 20.8 Å². The van der Waals surface area contributed by atoms with Crippen LogP contribution in [0.25, 0.3) is 0 Å². The first kappa shape index (κ1) is 11.4. The number of imide groups is 1. The number of nitrogens with zero attached hydrogens (tertiary/aromatic N) is 1. The van der Waals surface area contributed by atoms with Gasteiger partial charge in [0.1, 0.15) is 0 Å². The average molecular weight is 184 g/mol. The van der Waals surface area contributed by atoms with Crippen molar-refractivity contribution in [2.75, 3.05) is 0 Å². The Morgan fingerprint density at radius 1 is 1.15 bits per heavy atom. The summed E-state index contributed by atoms with van der Waals surface area (Å²) in [7, 11) is 0. The number of hydrogen-bond acceptors (Lipinski definition) is 3. The summed E-state index contributed by atoms with van der Waals surface area (Å²) < 4.78 is 0. The van der Waals surface area contributed by atoms with E-state index >= 15 is 0 Å². The lowest BCUT2D eigenvalue weighted by molar-refractivity contribution is -0.149. The van der Waals surface area contributed by atoms with Gasteiger partial charge in [0.25, 0.3) is 5.91 Å². The number of nitrogens with one attached hydrogen (secondary N) is 1. The van der Waals surface area contributed by atoms with E-state index in [2.05, 4.69) is 12.0 Å². The largest absolute Gasteiger partial charge is 0.274 e. The van der Waals surface area contributed by atoms with E-state index in [-0.39, 0.29) is 5.57 Å². The Hall–Kier alpha value is -1.65. The molecule has 5 nitrogen and oxygen atoms in total. The Balaban J connectivity index is 4.61. The molecule has 0 spiro atoms. The van der Waals surface area contributed by atoms with E-state index in [9.17, 15) is 14.4 Å². The summed E-state index contributed by atoms with van der Waals surface area (Å²) in [6.45, 7) is 7.22. The molecular weight excluding hydrogens is 172 g/mol. The zero-order valence-corrected chi connectivity index (χ0v) is 7.88. The summed E-state index contributed by atoms with van der Waals surface area (Å²) in [4.78, 5) is 32.7. The number of rotatable bonds is 1. The monoisotopic (exact) mass is 184 g/mol. The van der Waals surface area contributed by atoms with Crippen LogP contribution in [-0.4, -0.2) is 22.7 Å². The second-order valence-corrected chi connectivity index (χ2v) is 2.61. The van der Waals surface area contributed by atoms with Gasteiger partial charge in [-0.05, 0) is 6.92 Å². The van der Waals surface area contributed by atoms with E-state index in [0.717, 1.165) is 0 Å². The van der Waals surface area contributed by atoms with E-state index in [1.807, 2.05) is 0 Å². The maximum absolute atomic E-state index is 11.2. The molecule has 0 atom stereocenters. The summed E-state index contributed by atoms with van der Waals surface area (Å²) in [6, 6.07) is 0. The van der Waals surface area contributed by atoms with Crippen molar-refractivity contribution in [3.63, 3.8) is 0 Å².